The Labute approximate surface area is 150 Å². The van der Waals surface area contributed by atoms with Gasteiger partial charge in [-0.3, -0.25) is 4.79 Å². The lowest BCUT2D eigenvalue weighted by Crippen LogP contribution is -2.39. The summed E-state index contributed by atoms with van der Waals surface area (Å²) in [4.78, 5) is 16.5. The Morgan fingerprint density at radius 3 is 2.73 bits per heavy atom. The predicted molar refractivity (Wildman–Crippen MR) is 93.6 cm³/mol. The topological polar surface area (TPSA) is 97.9 Å². The summed E-state index contributed by atoms with van der Waals surface area (Å²) in [6.45, 7) is 0.802. The Kier molecular flexibility index (Phi) is 4.49. The second-order valence-corrected chi connectivity index (χ2v) is 6.64. The van der Waals surface area contributed by atoms with Gasteiger partial charge in [0.2, 0.25) is 0 Å². The van der Waals surface area contributed by atoms with Crippen molar-refractivity contribution in [2.24, 2.45) is 5.92 Å². The van der Waals surface area contributed by atoms with Crippen LogP contribution in [-0.4, -0.2) is 47.7 Å². The highest BCUT2D eigenvalue weighted by Gasteiger charge is 2.34. The summed E-state index contributed by atoms with van der Waals surface area (Å²) in [7, 11) is 0. The highest BCUT2D eigenvalue weighted by atomic mass is 16.3. The predicted octanol–water partition coefficient (Wildman–Crippen LogP) is 1.03. The highest BCUT2D eigenvalue weighted by molar-refractivity contribution is 5.94. The summed E-state index contributed by atoms with van der Waals surface area (Å²) in [6, 6.07) is 6.89. The molecule has 0 bridgehead atoms. The Morgan fingerprint density at radius 1 is 1.19 bits per heavy atom. The largest absolute Gasteiger partial charge is 0.391 e. The molecule has 1 aliphatic carbocycles. The van der Waals surface area contributed by atoms with Crippen molar-refractivity contribution >= 4 is 5.91 Å². The molecule has 8 heteroatoms. The van der Waals surface area contributed by atoms with Crippen molar-refractivity contribution in [2.75, 3.05) is 0 Å². The van der Waals surface area contributed by atoms with Gasteiger partial charge in [-0.15, -0.1) is 5.10 Å². The van der Waals surface area contributed by atoms with Crippen molar-refractivity contribution in [3.8, 4) is 5.69 Å². The monoisotopic (exact) mass is 352 g/mol. The molecule has 1 unspecified atom stereocenters. The van der Waals surface area contributed by atoms with E-state index in [1.165, 1.54) is 0 Å². The summed E-state index contributed by atoms with van der Waals surface area (Å²) in [5, 5.41) is 20.9. The summed E-state index contributed by atoms with van der Waals surface area (Å²) < 4.78 is 3.63. The number of nitrogens with one attached hydrogen (secondary N) is 1. The molecule has 1 saturated carbocycles. The standard InChI is InChI=1S/C18H20N6O2/c25-17-10-13(11-23-7-5-19-12-23)9-16(17)21-18(26)14-1-3-15(4-2-14)24-8-6-20-22-24/h1-8,12-13,16-17,25H,9-11H2,(H,21,26)/t13?,16-,17-/m1/s1. The van der Waals surface area contributed by atoms with Crippen molar-refractivity contribution in [1.82, 2.24) is 29.9 Å². The van der Waals surface area contributed by atoms with E-state index in [-0.39, 0.29) is 11.9 Å². The van der Waals surface area contributed by atoms with E-state index in [9.17, 15) is 9.90 Å². The first-order chi connectivity index (χ1) is 12.7. The first-order valence-corrected chi connectivity index (χ1v) is 8.60. The van der Waals surface area contributed by atoms with Crippen LogP contribution >= 0.6 is 0 Å². The molecule has 2 heterocycles. The number of imidazole rings is 1. The van der Waals surface area contributed by atoms with E-state index in [1.54, 1.807) is 41.7 Å². The number of amides is 1. The van der Waals surface area contributed by atoms with Crippen LogP contribution in [0.4, 0.5) is 0 Å². The molecule has 1 amide bonds. The SMILES string of the molecule is O=C(N[C@@H]1CC(Cn2ccnc2)C[C@H]1O)c1ccc(-n2ccnn2)cc1. The third kappa shape index (κ3) is 3.50. The average molecular weight is 352 g/mol. The van der Waals surface area contributed by atoms with Crippen molar-refractivity contribution < 1.29 is 9.90 Å². The maximum atomic E-state index is 12.5. The van der Waals surface area contributed by atoms with Gasteiger partial charge in [0.05, 0.1) is 36.6 Å². The van der Waals surface area contributed by atoms with Crippen molar-refractivity contribution in [1.29, 1.82) is 0 Å². The zero-order valence-corrected chi connectivity index (χ0v) is 14.1. The number of benzene rings is 1. The molecule has 3 aromatic rings. The van der Waals surface area contributed by atoms with Gasteiger partial charge in [0.25, 0.3) is 5.91 Å². The molecule has 1 aliphatic rings. The molecule has 0 spiro atoms. The maximum Gasteiger partial charge on any atom is 0.251 e. The lowest BCUT2D eigenvalue weighted by Gasteiger charge is -2.16. The van der Waals surface area contributed by atoms with Gasteiger partial charge in [-0.05, 0) is 43.0 Å². The third-order valence-electron chi connectivity index (χ3n) is 4.79. The minimum Gasteiger partial charge on any atom is -0.391 e. The van der Waals surface area contributed by atoms with Crippen LogP contribution in [0.2, 0.25) is 0 Å². The fourth-order valence-electron chi connectivity index (χ4n) is 3.48. The van der Waals surface area contributed by atoms with Crippen LogP contribution < -0.4 is 5.32 Å². The van der Waals surface area contributed by atoms with Crippen molar-refractivity contribution in [2.45, 2.75) is 31.5 Å². The molecule has 0 aliphatic heterocycles. The minimum atomic E-state index is -0.526. The van der Waals surface area contributed by atoms with E-state index < -0.39 is 6.10 Å². The van der Waals surface area contributed by atoms with Crippen LogP contribution in [0.15, 0.2) is 55.4 Å². The molecule has 1 fully saturated rings. The van der Waals surface area contributed by atoms with Gasteiger partial charge in [0.15, 0.2) is 0 Å². The Bertz CT molecular complexity index is 844. The van der Waals surface area contributed by atoms with E-state index in [0.717, 1.165) is 18.7 Å². The Morgan fingerprint density at radius 2 is 2.04 bits per heavy atom. The number of aromatic nitrogens is 5. The van der Waals surface area contributed by atoms with E-state index in [0.29, 0.717) is 17.9 Å². The fourth-order valence-corrected chi connectivity index (χ4v) is 3.48. The van der Waals surface area contributed by atoms with Crippen molar-refractivity contribution in [3.63, 3.8) is 0 Å². The molecule has 8 nitrogen and oxygen atoms in total. The number of carbonyl (C=O) groups is 1. The first kappa shape index (κ1) is 16.5. The lowest BCUT2D eigenvalue weighted by atomic mass is 10.1. The molecule has 1 aromatic carbocycles. The van der Waals surface area contributed by atoms with E-state index in [2.05, 4.69) is 20.6 Å². The van der Waals surface area contributed by atoms with Gasteiger partial charge in [-0.25, -0.2) is 9.67 Å². The van der Waals surface area contributed by atoms with E-state index >= 15 is 0 Å². The van der Waals surface area contributed by atoms with Crippen LogP contribution in [0.25, 0.3) is 5.69 Å². The maximum absolute atomic E-state index is 12.5. The molecule has 2 N–H and O–H groups in total. The summed E-state index contributed by atoms with van der Waals surface area (Å²) in [5.74, 6) is 0.140. The molecule has 2 aromatic heterocycles. The van der Waals surface area contributed by atoms with Gasteiger partial charge in [0.1, 0.15) is 0 Å². The van der Waals surface area contributed by atoms with Crippen LogP contribution in [0.1, 0.15) is 23.2 Å². The van der Waals surface area contributed by atoms with E-state index in [4.69, 9.17) is 0 Å². The van der Waals surface area contributed by atoms with Gasteiger partial charge in [-0.2, -0.15) is 0 Å². The molecule has 3 atom stereocenters. The molecule has 134 valence electrons. The molecule has 4 rings (SSSR count). The summed E-state index contributed by atoms with van der Waals surface area (Å²) in [6.07, 6.45) is 9.67. The number of rotatable bonds is 5. The van der Waals surface area contributed by atoms with Gasteiger partial charge < -0.3 is 15.0 Å². The number of nitrogens with zero attached hydrogens (tertiary/aromatic N) is 5. The van der Waals surface area contributed by atoms with Crippen LogP contribution in [-0.2, 0) is 6.54 Å². The summed E-state index contributed by atoms with van der Waals surface area (Å²) >= 11 is 0. The van der Waals surface area contributed by atoms with Gasteiger partial charge in [0, 0.05) is 24.5 Å². The third-order valence-corrected chi connectivity index (χ3v) is 4.79. The number of aliphatic hydroxyl groups is 1. The minimum absolute atomic E-state index is 0.178. The lowest BCUT2D eigenvalue weighted by molar-refractivity contribution is 0.0873. The molecule has 26 heavy (non-hydrogen) atoms. The van der Waals surface area contributed by atoms with Gasteiger partial charge >= 0.3 is 0 Å². The van der Waals surface area contributed by atoms with Crippen LogP contribution in [0.5, 0.6) is 0 Å². The van der Waals surface area contributed by atoms with Crippen LogP contribution in [0, 0.1) is 5.92 Å². The van der Waals surface area contributed by atoms with Crippen LogP contribution in [0.3, 0.4) is 0 Å². The Hall–Kier alpha value is -3.00. The normalized spacial score (nSPS) is 22.4. The number of aliphatic hydroxyl groups excluding tert-OH is 1. The zero-order valence-electron chi connectivity index (χ0n) is 14.1. The zero-order chi connectivity index (χ0) is 17.9. The second-order valence-electron chi connectivity index (χ2n) is 6.64. The average Bonchev–Trinajstić information content (AvgIpc) is 3.39. The van der Waals surface area contributed by atoms with Crippen molar-refractivity contribution in [3.05, 3.63) is 60.9 Å². The van der Waals surface area contributed by atoms with Gasteiger partial charge in [-0.1, -0.05) is 5.21 Å². The molecule has 0 radical (unpaired) electrons. The number of hydrogen-bond donors (Lipinski definition) is 2. The summed E-state index contributed by atoms with van der Waals surface area (Å²) in [5.41, 5.74) is 1.39. The quantitative estimate of drug-likeness (QED) is 0.715. The fraction of sp³-hybridized carbons (Fsp3) is 0.333. The molecular weight excluding hydrogens is 332 g/mol. The first-order valence-electron chi connectivity index (χ1n) is 8.60. The molecule has 0 saturated heterocycles. The Balaban J connectivity index is 1.37. The number of carbonyl (C=O) groups excluding carboxylic acids is 1. The molecular formula is C18H20N6O2. The highest BCUT2D eigenvalue weighted by Crippen LogP contribution is 2.27. The van der Waals surface area contributed by atoms with E-state index in [1.807, 2.05) is 22.9 Å². The number of hydrogen-bond acceptors (Lipinski definition) is 5. The smallest absolute Gasteiger partial charge is 0.251 e. The second kappa shape index (κ2) is 7.09.